The predicted molar refractivity (Wildman–Crippen MR) is 140 cm³/mol. The molecular weight excluding hydrogens is 510 g/mol. The molecule has 0 rings (SSSR count). The van der Waals surface area contributed by atoms with E-state index in [1.807, 2.05) is 0 Å². The third-order valence-electron chi connectivity index (χ3n) is 5.58. The molecule has 0 aliphatic carbocycles. The topological polar surface area (TPSA) is 116 Å². The fraction of sp³-hybridized carbons (Fsp3) is 1.00. The van der Waals surface area contributed by atoms with E-state index in [-0.39, 0.29) is 56.0 Å². The van der Waals surface area contributed by atoms with Gasteiger partial charge in [0.2, 0.25) is 0 Å². The van der Waals surface area contributed by atoms with Crippen LogP contribution in [-0.2, 0) is 32.6 Å². The third-order valence-corrected chi connectivity index (χ3v) is 6.57. The number of aliphatic hydroxyl groups is 1. The van der Waals surface area contributed by atoms with Crippen molar-refractivity contribution < 1.29 is 72.1 Å². The van der Waals surface area contributed by atoms with Crippen molar-refractivity contribution in [1.29, 1.82) is 0 Å². The fourth-order valence-electron chi connectivity index (χ4n) is 3.54. The van der Waals surface area contributed by atoms with Crippen LogP contribution in [0, 0.1) is 0 Å². The molecule has 0 radical (unpaired) electrons. The van der Waals surface area contributed by atoms with Gasteiger partial charge in [0.1, 0.15) is 0 Å². The van der Waals surface area contributed by atoms with E-state index in [0.29, 0.717) is 46.2 Å². The molecule has 0 aliphatic heterocycles. The van der Waals surface area contributed by atoms with Crippen LogP contribution in [0.2, 0.25) is 0 Å². The Bertz CT molecular complexity index is 475. The molecule has 0 heterocycles. The van der Waals surface area contributed by atoms with Crippen LogP contribution < -0.4 is 34.5 Å². The Morgan fingerprint density at radius 2 is 0.838 bits per heavy atom. The first-order valence-electron chi connectivity index (χ1n) is 14.1. The van der Waals surface area contributed by atoms with Crippen molar-refractivity contribution in [3.05, 3.63) is 0 Å². The van der Waals surface area contributed by atoms with Crippen LogP contribution in [0.4, 0.5) is 0 Å². The van der Waals surface area contributed by atoms with Crippen molar-refractivity contribution in [3.8, 4) is 0 Å². The molecule has 1 atom stereocenters. The van der Waals surface area contributed by atoms with Gasteiger partial charge in [0.15, 0.2) is 0 Å². The minimum absolute atomic E-state index is 0. The Balaban J connectivity index is 0. The maximum absolute atomic E-state index is 11.8. The van der Waals surface area contributed by atoms with Crippen LogP contribution in [0.15, 0.2) is 0 Å². The summed E-state index contributed by atoms with van der Waals surface area (Å²) in [5.74, 6) is 0. The molecule has 218 valence electrons. The Morgan fingerprint density at radius 3 is 1.24 bits per heavy atom. The first-order chi connectivity index (χ1) is 17.6. The second-order valence-electron chi connectivity index (χ2n) is 8.88. The van der Waals surface area contributed by atoms with Crippen LogP contribution >= 0.6 is 7.82 Å². The van der Waals surface area contributed by atoms with Gasteiger partial charge in [0.05, 0.1) is 72.7 Å². The van der Waals surface area contributed by atoms with Crippen molar-refractivity contribution in [2.24, 2.45) is 0 Å². The molecular formula is C26H54NaO9P. The smallest absolute Gasteiger partial charge is 0.756 e. The van der Waals surface area contributed by atoms with Crippen LogP contribution in [0.1, 0.15) is 96.8 Å². The summed E-state index contributed by atoms with van der Waals surface area (Å²) in [7, 11) is -4.27. The van der Waals surface area contributed by atoms with Gasteiger partial charge in [-0.25, -0.2) is 0 Å². The van der Waals surface area contributed by atoms with E-state index < -0.39 is 7.82 Å². The Kier molecular flexibility index (Phi) is 35.8. The summed E-state index contributed by atoms with van der Waals surface area (Å²) < 4.78 is 42.4. The number of phosphoric acid groups is 1. The third kappa shape index (κ3) is 34.9. The summed E-state index contributed by atoms with van der Waals surface area (Å²) in [6.07, 6.45) is 17.5. The van der Waals surface area contributed by atoms with Crippen LogP contribution in [-0.4, -0.2) is 77.8 Å². The molecule has 0 aromatic heterocycles. The summed E-state index contributed by atoms with van der Waals surface area (Å²) in [4.78, 5) is 11.8. The summed E-state index contributed by atoms with van der Waals surface area (Å²) in [5.41, 5.74) is 0. The molecule has 0 aromatic rings. The number of aliphatic hydroxyl groups excluding tert-OH is 1. The average Bonchev–Trinajstić information content (AvgIpc) is 2.86. The van der Waals surface area contributed by atoms with Crippen molar-refractivity contribution in [2.75, 3.05) is 72.7 Å². The molecule has 0 fully saturated rings. The van der Waals surface area contributed by atoms with Gasteiger partial charge in [-0.3, -0.25) is 4.57 Å². The average molecular weight is 565 g/mol. The normalized spacial score (nSPS) is 12.9. The quantitative estimate of drug-likeness (QED) is 0.0767. The molecule has 0 aromatic carbocycles. The standard InChI is InChI=1S/C26H55O9P.Na/c1-2-3-4-5-6-7-8-9-10-11-12-13-14-15-17-34-36(28,29)35-26-25-33-24-23-32-22-21-31-20-19-30-18-16-27;/h27H,2-26H2,1H3,(H,28,29);/q;+1/p-1. The molecule has 0 saturated heterocycles. The van der Waals surface area contributed by atoms with E-state index in [2.05, 4.69) is 6.92 Å². The molecule has 1 N–H and O–H groups in total. The van der Waals surface area contributed by atoms with Gasteiger partial charge in [0.25, 0.3) is 7.82 Å². The zero-order valence-electron chi connectivity index (χ0n) is 23.8. The second kappa shape index (κ2) is 33.1. The molecule has 0 spiro atoms. The van der Waals surface area contributed by atoms with Gasteiger partial charge in [-0.15, -0.1) is 0 Å². The maximum atomic E-state index is 11.8. The largest absolute Gasteiger partial charge is 1.00 e. The molecule has 1 unspecified atom stereocenters. The van der Waals surface area contributed by atoms with E-state index in [9.17, 15) is 9.46 Å². The van der Waals surface area contributed by atoms with Gasteiger partial charge in [-0.05, 0) is 6.42 Å². The fourth-order valence-corrected chi connectivity index (χ4v) is 4.27. The molecule has 0 amide bonds. The number of phosphoric ester groups is 1. The van der Waals surface area contributed by atoms with Crippen molar-refractivity contribution in [2.45, 2.75) is 96.8 Å². The van der Waals surface area contributed by atoms with Crippen LogP contribution in [0.25, 0.3) is 0 Å². The van der Waals surface area contributed by atoms with E-state index in [0.717, 1.165) is 19.3 Å². The van der Waals surface area contributed by atoms with Crippen molar-refractivity contribution >= 4 is 7.82 Å². The van der Waals surface area contributed by atoms with Crippen LogP contribution in [0.3, 0.4) is 0 Å². The molecule has 9 nitrogen and oxygen atoms in total. The minimum atomic E-state index is -4.27. The van der Waals surface area contributed by atoms with Crippen molar-refractivity contribution in [3.63, 3.8) is 0 Å². The molecule has 0 aliphatic rings. The number of rotatable bonds is 31. The Morgan fingerprint density at radius 1 is 0.514 bits per heavy atom. The zero-order valence-corrected chi connectivity index (χ0v) is 26.7. The summed E-state index contributed by atoms with van der Waals surface area (Å²) >= 11 is 0. The van der Waals surface area contributed by atoms with Gasteiger partial charge < -0.3 is 38.0 Å². The van der Waals surface area contributed by atoms with Gasteiger partial charge in [-0.1, -0.05) is 90.4 Å². The maximum Gasteiger partial charge on any atom is 1.00 e. The second-order valence-corrected chi connectivity index (χ2v) is 10.3. The predicted octanol–water partition coefficient (Wildman–Crippen LogP) is 2.03. The van der Waals surface area contributed by atoms with E-state index in [1.165, 1.54) is 70.6 Å². The van der Waals surface area contributed by atoms with E-state index >= 15 is 0 Å². The molecule has 0 saturated carbocycles. The Labute approximate surface area is 248 Å². The van der Waals surface area contributed by atoms with E-state index in [4.69, 9.17) is 33.1 Å². The number of hydrogen-bond acceptors (Lipinski definition) is 9. The summed E-state index contributed by atoms with van der Waals surface area (Å²) in [6.45, 7) is 5.32. The van der Waals surface area contributed by atoms with E-state index in [1.54, 1.807) is 0 Å². The van der Waals surface area contributed by atoms with Gasteiger partial charge in [-0.2, -0.15) is 0 Å². The van der Waals surface area contributed by atoms with Crippen molar-refractivity contribution in [1.82, 2.24) is 0 Å². The molecule has 11 heteroatoms. The first-order valence-corrected chi connectivity index (χ1v) is 15.6. The monoisotopic (exact) mass is 564 g/mol. The zero-order chi connectivity index (χ0) is 26.4. The first kappa shape index (κ1) is 40.1. The van der Waals surface area contributed by atoms with Gasteiger partial charge in [0, 0.05) is 0 Å². The summed E-state index contributed by atoms with van der Waals surface area (Å²) in [6, 6.07) is 0. The SMILES string of the molecule is CCCCCCCCCCCCCCCCOP(=O)([O-])OCCOCCOCCOCCOCCO.[Na+]. The molecule has 0 bridgehead atoms. The molecule has 37 heavy (non-hydrogen) atoms. The number of hydrogen-bond donors (Lipinski definition) is 1. The van der Waals surface area contributed by atoms with Gasteiger partial charge >= 0.3 is 29.6 Å². The minimum Gasteiger partial charge on any atom is -0.756 e. The summed E-state index contributed by atoms with van der Waals surface area (Å²) in [5, 5.41) is 8.56. The Hall–Kier alpha value is 0.910. The number of unbranched alkanes of at least 4 members (excludes halogenated alkanes) is 13. The number of ether oxygens (including phenoxy) is 4. The van der Waals surface area contributed by atoms with Crippen LogP contribution in [0.5, 0.6) is 0 Å².